The largest absolute Gasteiger partial charge is 0.380 e. The number of nitrogens with zero attached hydrogens (tertiary/aromatic N) is 1. The second kappa shape index (κ2) is 3.56. The highest BCUT2D eigenvalue weighted by Crippen LogP contribution is 2.25. The minimum atomic E-state index is 0.418. The Balaban J connectivity index is 1.67. The van der Waals surface area contributed by atoms with Gasteiger partial charge in [-0.05, 0) is 20.0 Å². The van der Waals surface area contributed by atoms with Crippen molar-refractivity contribution in [3.63, 3.8) is 0 Å². The number of ether oxygens (including phenoxy) is 1. The summed E-state index contributed by atoms with van der Waals surface area (Å²) in [6.07, 6.45) is 1.30. The van der Waals surface area contributed by atoms with Gasteiger partial charge in [-0.3, -0.25) is 0 Å². The third-order valence-corrected chi connectivity index (χ3v) is 3.11. The highest BCUT2D eigenvalue weighted by molar-refractivity contribution is 4.87. The number of likely N-dealkylation sites (tertiary alicyclic amines) is 1. The molecule has 1 N–H and O–H groups in total. The Morgan fingerprint density at radius 1 is 1.54 bits per heavy atom. The van der Waals surface area contributed by atoms with E-state index in [-0.39, 0.29) is 0 Å². The van der Waals surface area contributed by atoms with Gasteiger partial charge in [-0.1, -0.05) is 6.92 Å². The van der Waals surface area contributed by atoms with Gasteiger partial charge in [0.05, 0.1) is 13.2 Å². The van der Waals surface area contributed by atoms with E-state index in [1.165, 1.54) is 19.5 Å². The van der Waals surface area contributed by atoms with E-state index in [9.17, 15) is 0 Å². The molecule has 0 aromatic rings. The zero-order valence-corrected chi connectivity index (χ0v) is 8.68. The molecule has 0 aliphatic carbocycles. The van der Waals surface area contributed by atoms with Crippen molar-refractivity contribution in [3.8, 4) is 0 Å². The predicted molar refractivity (Wildman–Crippen MR) is 52.8 cm³/mol. The molecule has 1 atom stereocenters. The van der Waals surface area contributed by atoms with Crippen molar-refractivity contribution >= 4 is 0 Å². The molecule has 0 amide bonds. The number of rotatable bonds is 3. The molecule has 13 heavy (non-hydrogen) atoms. The predicted octanol–water partition coefficient (Wildman–Crippen LogP) is 0.317. The maximum absolute atomic E-state index is 5.22. The van der Waals surface area contributed by atoms with Crippen molar-refractivity contribution in [2.45, 2.75) is 19.4 Å². The van der Waals surface area contributed by atoms with Crippen LogP contribution in [0.1, 0.15) is 13.3 Å². The molecule has 2 fully saturated rings. The molecule has 2 heterocycles. The van der Waals surface area contributed by atoms with Crippen molar-refractivity contribution in [3.05, 3.63) is 0 Å². The third kappa shape index (κ3) is 2.22. The quantitative estimate of drug-likeness (QED) is 0.683. The molecule has 2 rings (SSSR count). The first-order valence-electron chi connectivity index (χ1n) is 5.18. The van der Waals surface area contributed by atoms with Gasteiger partial charge in [-0.25, -0.2) is 0 Å². The fraction of sp³-hybridized carbons (Fsp3) is 1.00. The Labute approximate surface area is 80.4 Å². The summed E-state index contributed by atoms with van der Waals surface area (Å²) in [5.41, 5.74) is 0.418. The van der Waals surface area contributed by atoms with Crippen LogP contribution in [0.15, 0.2) is 0 Å². The van der Waals surface area contributed by atoms with Crippen LogP contribution in [0.2, 0.25) is 0 Å². The van der Waals surface area contributed by atoms with Crippen LogP contribution >= 0.6 is 0 Å². The van der Waals surface area contributed by atoms with Gasteiger partial charge >= 0.3 is 0 Å². The molecule has 0 saturated carbocycles. The lowest BCUT2D eigenvalue weighted by molar-refractivity contribution is -0.0998. The molecule has 3 heteroatoms. The summed E-state index contributed by atoms with van der Waals surface area (Å²) < 4.78 is 5.22. The van der Waals surface area contributed by atoms with E-state index in [0.717, 1.165) is 19.8 Å². The number of likely N-dealkylation sites (N-methyl/N-ethyl adjacent to an activating group) is 1. The summed E-state index contributed by atoms with van der Waals surface area (Å²) in [7, 11) is 2.19. The Bertz CT molecular complexity index is 180. The van der Waals surface area contributed by atoms with Crippen molar-refractivity contribution in [1.82, 2.24) is 10.2 Å². The van der Waals surface area contributed by atoms with Crippen LogP contribution in [0.25, 0.3) is 0 Å². The van der Waals surface area contributed by atoms with Crippen molar-refractivity contribution in [2.24, 2.45) is 5.41 Å². The van der Waals surface area contributed by atoms with Crippen LogP contribution in [0.4, 0.5) is 0 Å². The minimum Gasteiger partial charge on any atom is -0.380 e. The third-order valence-electron chi connectivity index (χ3n) is 3.11. The van der Waals surface area contributed by atoms with Crippen LogP contribution in [-0.2, 0) is 4.74 Å². The zero-order valence-electron chi connectivity index (χ0n) is 8.68. The van der Waals surface area contributed by atoms with E-state index >= 15 is 0 Å². The summed E-state index contributed by atoms with van der Waals surface area (Å²) in [6.45, 7) is 7.72. The van der Waals surface area contributed by atoms with Crippen LogP contribution in [0, 0.1) is 5.41 Å². The normalized spacial score (nSPS) is 33.2. The fourth-order valence-corrected chi connectivity index (χ4v) is 2.04. The lowest BCUT2D eigenvalue weighted by Gasteiger charge is -2.39. The van der Waals surface area contributed by atoms with Crippen LogP contribution in [0.3, 0.4) is 0 Å². The first-order valence-corrected chi connectivity index (χ1v) is 5.18. The molecule has 2 aliphatic heterocycles. The summed E-state index contributed by atoms with van der Waals surface area (Å²) in [6, 6.07) is 0.711. The van der Waals surface area contributed by atoms with Gasteiger partial charge in [-0.15, -0.1) is 0 Å². The molecule has 0 aromatic heterocycles. The summed E-state index contributed by atoms with van der Waals surface area (Å²) in [5, 5.41) is 3.63. The standard InChI is InChI=1S/C10H20N2O/c1-10(7-13-8-10)6-11-9-3-4-12(2)5-9/h9,11H,3-8H2,1-2H3. The van der Waals surface area contributed by atoms with Crippen molar-refractivity contribution in [1.29, 1.82) is 0 Å². The van der Waals surface area contributed by atoms with Gasteiger partial charge in [-0.2, -0.15) is 0 Å². The van der Waals surface area contributed by atoms with E-state index in [1.54, 1.807) is 0 Å². The van der Waals surface area contributed by atoms with E-state index in [1.807, 2.05) is 0 Å². The molecule has 2 saturated heterocycles. The maximum atomic E-state index is 5.22. The number of nitrogens with one attached hydrogen (secondary N) is 1. The highest BCUT2D eigenvalue weighted by Gasteiger charge is 2.34. The second-order valence-corrected chi connectivity index (χ2v) is 4.93. The van der Waals surface area contributed by atoms with Crippen LogP contribution < -0.4 is 5.32 Å². The van der Waals surface area contributed by atoms with E-state index in [0.29, 0.717) is 11.5 Å². The average molecular weight is 184 g/mol. The SMILES string of the molecule is CN1CCC(NCC2(C)COC2)C1. The molecule has 0 radical (unpaired) electrons. The Kier molecular flexibility index (Phi) is 2.58. The van der Waals surface area contributed by atoms with Crippen molar-refractivity contribution in [2.75, 3.05) is 39.9 Å². The fourth-order valence-electron chi connectivity index (χ4n) is 2.04. The van der Waals surface area contributed by atoms with Crippen LogP contribution in [-0.4, -0.2) is 50.8 Å². The van der Waals surface area contributed by atoms with Crippen LogP contribution in [0.5, 0.6) is 0 Å². The molecule has 76 valence electrons. The van der Waals surface area contributed by atoms with Gasteiger partial charge in [0.1, 0.15) is 0 Å². The molecule has 3 nitrogen and oxygen atoms in total. The lowest BCUT2D eigenvalue weighted by atomic mass is 9.88. The second-order valence-electron chi connectivity index (χ2n) is 4.93. The topological polar surface area (TPSA) is 24.5 Å². The first-order chi connectivity index (χ1) is 6.18. The summed E-state index contributed by atoms with van der Waals surface area (Å²) in [4.78, 5) is 2.39. The monoisotopic (exact) mass is 184 g/mol. The van der Waals surface area contributed by atoms with Gasteiger partial charge in [0.25, 0.3) is 0 Å². The highest BCUT2D eigenvalue weighted by atomic mass is 16.5. The van der Waals surface area contributed by atoms with Gasteiger partial charge in [0.15, 0.2) is 0 Å². The summed E-state index contributed by atoms with van der Waals surface area (Å²) in [5.74, 6) is 0. The molecule has 0 spiro atoms. The Morgan fingerprint density at radius 3 is 2.77 bits per heavy atom. The molecular weight excluding hydrogens is 164 g/mol. The van der Waals surface area contributed by atoms with Gasteiger partial charge in [0.2, 0.25) is 0 Å². The molecule has 2 aliphatic rings. The molecule has 1 unspecified atom stereocenters. The molecule has 0 bridgehead atoms. The minimum absolute atomic E-state index is 0.418. The van der Waals surface area contributed by atoms with Gasteiger partial charge < -0.3 is 15.0 Å². The number of hydrogen-bond donors (Lipinski definition) is 1. The average Bonchev–Trinajstić information content (AvgIpc) is 2.44. The Morgan fingerprint density at radius 2 is 2.31 bits per heavy atom. The zero-order chi connectivity index (χ0) is 9.31. The molecule has 0 aromatic carbocycles. The smallest absolute Gasteiger partial charge is 0.0554 e. The number of hydrogen-bond acceptors (Lipinski definition) is 3. The maximum Gasteiger partial charge on any atom is 0.0554 e. The first kappa shape index (κ1) is 9.44. The van der Waals surface area contributed by atoms with E-state index in [2.05, 4.69) is 24.2 Å². The van der Waals surface area contributed by atoms with E-state index in [4.69, 9.17) is 4.74 Å². The lowest BCUT2D eigenvalue weighted by Crippen LogP contribution is -2.49. The van der Waals surface area contributed by atoms with Gasteiger partial charge in [0, 0.05) is 24.5 Å². The summed E-state index contributed by atoms with van der Waals surface area (Å²) >= 11 is 0. The van der Waals surface area contributed by atoms with E-state index < -0.39 is 0 Å². The Hall–Kier alpha value is -0.120. The molecular formula is C10H20N2O. The van der Waals surface area contributed by atoms with Crippen molar-refractivity contribution < 1.29 is 4.74 Å².